The number of ether oxygens (including phenoxy) is 2. The van der Waals surface area contributed by atoms with Gasteiger partial charge in [0.05, 0.1) is 12.6 Å². The van der Waals surface area contributed by atoms with Gasteiger partial charge >= 0.3 is 6.09 Å². The maximum Gasteiger partial charge on any atom is 0.410 e. The first-order valence-electron chi connectivity index (χ1n) is 9.57. The SMILES string of the molecule is COCC(c1ccc2ccccc2c1)N1CCN(C(=O)OC(C)(C)C)CC1. The Morgan fingerprint density at radius 1 is 1.04 bits per heavy atom. The Morgan fingerprint density at radius 2 is 1.70 bits per heavy atom. The third-order valence-electron chi connectivity index (χ3n) is 4.89. The minimum atomic E-state index is -0.460. The van der Waals surface area contributed by atoms with Crippen LogP contribution in [0.25, 0.3) is 10.8 Å². The van der Waals surface area contributed by atoms with Crippen molar-refractivity contribution in [2.24, 2.45) is 0 Å². The number of nitrogens with zero attached hydrogens (tertiary/aromatic N) is 2. The second-order valence-electron chi connectivity index (χ2n) is 8.08. The molecule has 3 rings (SSSR count). The highest BCUT2D eigenvalue weighted by Gasteiger charge is 2.29. The van der Waals surface area contributed by atoms with Crippen LogP contribution >= 0.6 is 0 Å². The zero-order valence-electron chi connectivity index (χ0n) is 16.8. The Labute approximate surface area is 161 Å². The van der Waals surface area contributed by atoms with E-state index in [4.69, 9.17) is 9.47 Å². The van der Waals surface area contributed by atoms with Crippen molar-refractivity contribution in [3.8, 4) is 0 Å². The minimum Gasteiger partial charge on any atom is -0.444 e. The Balaban J connectivity index is 1.70. The van der Waals surface area contributed by atoms with Gasteiger partial charge in [-0.05, 0) is 43.2 Å². The van der Waals surface area contributed by atoms with Crippen molar-refractivity contribution in [3.63, 3.8) is 0 Å². The number of carbonyl (C=O) groups excluding carboxylic acids is 1. The van der Waals surface area contributed by atoms with Crippen molar-refractivity contribution in [3.05, 3.63) is 48.0 Å². The predicted octanol–water partition coefficient (Wildman–Crippen LogP) is 4.08. The molecule has 5 heteroatoms. The maximum absolute atomic E-state index is 12.3. The van der Waals surface area contributed by atoms with E-state index in [0.29, 0.717) is 19.7 Å². The van der Waals surface area contributed by atoms with E-state index in [1.807, 2.05) is 20.8 Å². The van der Waals surface area contributed by atoms with Crippen LogP contribution in [0.15, 0.2) is 42.5 Å². The van der Waals surface area contributed by atoms with Crippen molar-refractivity contribution in [1.29, 1.82) is 0 Å². The molecule has 1 aliphatic heterocycles. The molecule has 0 bridgehead atoms. The second kappa shape index (κ2) is 8.28. The van der Waals surface area contributed by atoms with E-state index in [0.717, 1.165) is 13.1 Å². The number of amides is 1. The molecule has 1 unspecified atom stereocenters. The molecule has 1 atom stereocenters. The number of benzene rings is 2. The summed E-state index contributed by atoms with van der Waals surface area (Å²) in [6, 6.07) is 15.2. The largest absolute Gasteiger partial charge is 0.444 e. The molecule has 0 aromatic heterocycles. The fraction of sp³-hybridized carbons (Fsp3) is 0.500. The van der Waals surface area contributed by atoms with Crippen LogP contribution in [0.4, 0.5) is 4.79 Å². The topological polar surface area (TPSA) is 42.0 Å². The van der Waals surface area contributed by atoms with Gasteiger partial charge in [-0.25, -0.2) is 4.79 Å². The van der Waals surface area contributed by atoms with E-state index >= 15 is 0 Å². The highest BCUT2D eigenvalue weighted by Crippen LogP contribution is 2.26. The van der Waals surface area contributed by atoms with Gasteiger partial charge in [0.25, 0.3) is 0 Å². The summed E-state index contributed by atoms with van der Waals surface area (Å²) < 4.78 is 11.0. The van der Waals surface area contributed by atoms with Gasteiger partial charge in [0.1, 0.15) is 5.60 Å². The van der Waals surface area contributed by atoms with Crippen LogP contribution in [0.3, 0.4) is 0 Å². The molecule has 2 aromatic rings. The lowest BCUT2D eigenvalue weighted by Crippen LogP contribution is -2.51. The van der Waals surface area contributed by atoms with E-state index in [2.05, 4.69) is 47.4 Å². The van der Waals surface area contributed by atoms with Crippen molar-refractivity contribution < 1.29 is 14.3 Å². The zero-order chi connectivity index (χ0) is 19.4. The summed E-state index contributed by atoms with van der Waals surface area (Å²) in [5.74, 6) is 0. The number of methoxy groups -OCH3 is 1. The maximum atomic E-state index is 12.3. The van der Waals surface area contributed by atoms with Gasteiger partial charge in [-0.1, -0.05) is 36.4 Å². The highest BCUT2D eigenvalue weighted by atomic mass is 16.6. The molecule has 0 N–H and O–H groups in total. The fourth-order valence-electron chi connectivity index (χ4n) is 3.53. The van der Waals surface area contributed by atoms with Gasteiger partial charge in [-0.3, -0.25) is 4.90 Å². The highest BCUT2D eigenvalue weighted by molar-refractivity contribution is 5.83. The molecule has 27 heavy (non-hydrogen) atoms. The van der Waals surface area contributed by atoms with Crippen LogP contribution in [0.5, 0.6) is 0 Å². The normalized spacial score (nSPS) is 17.1. The van der Waals surface area contributed by atoms with Gasteiger partial charge in [0.15, 0.2) is 0 Å². The van der Waals surface area contributed by atoms with Crippen LogP contribution in [0.1, 0.15) is 32.4 Å². The Morgan fingerprint density at radius 3 is 2.33 bits per heavy atom. The van der Waals surface area contributed by atoms with E-state index in [9.17, 15) is 4.79 Å². The van der Waals surface area contributed by atoms with Gasteiger partial charge < -0.3 is 14.4 Å². The third kappa shape index (κ3) is 4.99. The Bertz CT molecular complexity index is 776. The molecule has 0 radical (unpaired) electrons. The molecule has 146 valence electrons. The summed E-state index contributed by atoms with van der Waals surface area (Å²) >= 11 is 0. The van der Waals surface area contributed by atoms with Crippen molar-refractivity contribution in [2.75, 3.05) is 39.9 Å². The molecule has 0 saturated carbocycles. The summed E-state index contributed by atoms with van der Waals surface area (Å²) in [4.78, 5) is 16.5. The average Bonchev–Trinajstić information content (AvgIpc) is 2.64. The van der Waals surface area contributed by atoms with E-state index in [1.165, 1.54) is 16.3 Å². The van der Waals surface area contributed by atoms with Crippen LogP contribution in [0, 0.1) is 0 Å². The number of piperazine rings is 1. The minimum absolute atomic E-state index is 0.181. The molecule has 1 heterocycles. The zero-order valence-corrected chi connectivity index (χ0v) is 16.8. The third-order valence-corrected chi connectivity index (χ3v) is 4.89. The first-order valence-corrected chi connectivity index (χ1v) is 9.57. The first kappa shape index (κ1) is 19.6. The summed E-state index contributed by atoms with van der Waals surface area (Å²) in [7, 11) is 1.74. The van der Waals surface area contributed by atoms with E-state index < -0.39 is 5.60 Å². The smallest absolute Gasteiger partial charge is 0.410 e. The average molecular weight is 370 g/mol. The monoisotopic (exact) mass is 370 g/mol. The van der Waals surface area contributed by atoms with Crippen molar-refractivity contribution in [1.82, 2.24) is 9.80 Å². The molecule has 1 fully saturated rings. The van der Waals surface area contributed by atoms with Crippen LogP contribution in [-0.2, 0) is 9.47 Å². The molecule has 1 amide bonds. The summed E-state index contributed by atoms with van der Waals surface area (Å²) in [6.45, 7) is 9.27. The van der Waals surface area contributed by atoms with Crippen LogP contribution < -0.4 is 0 Å². The molecule has 0 spiro atoms. The Kier molecular flexibility index (Phi) is 6.02. The first-order chi connectivity index (χ1) is 12.9. The molecule has 1 saturated heterocycles. The van der Waals surface area contributed by atoms with Gasteiger partial charge in [-0.15, -0.1) is 0 Å². The molecule has 0 aliphatic carbocycles. The molecule has 5 nitrogen and oxygen atoms in total. The number of hydrogen-bond acceptors (Lipinski definition) is 4. The van der Waals surface area contributed by atoms with Crippen LogP contribution in [-0.4, -0.2) is 61.4 Å². The standard InChI is InChI=1S/C22H30N2O3/c1-22(2,3)27-21(25)24-13-11-23(12-14-24)20(16-26-4)19-10-9-17-7-5-6-8-18(17)15-19/h5-10,15,20H,11-14,16H2,1-4H3. The number of carbonyl (C=O) groups is 1. The van der Waals surface area contributed by atoms with E-state index in [-0.39, 0.29) is 12.1 Å². The summed E-state index contributed by atoms with van der Waals surface area (Å²) in [6.07, 6.45) is -0.226. The second-order valence-corrected chi connectivity index (χ2v) is 8.08. The molecular weight excluding hydrogens is 340 g/mol. The van der Waals surface area contributed by atoms with E-state index in [1.54, 1.807) is 12.0 Å². The Hall–Kier alpha value is -2.11. The van der Waals surface area contributed by atoms with Gasteiger partial charge in [0, 0.05) is 33.3 Å². The summed E-state index contributed by atoms with van der Waals surface area (Å²) in [5.41, 5.74) is 0.791. The fourth-order valence-corrected chi connectivity index (χ4v) is 3.53. The van der Waals surface area contributed by atoms with Gasteiger partial charge in [-0.2, -0.15) is 0 Å². The lowest BCUT2D eigenvalue weighted by Gasteiger charge is -2.39. The predicted molar refractivity (Wildman–Crippen MR) is 108 cm³/mol. The molecular formula is C22H30N2O3. The number of rotatable bonds is 4. The molecule has 1 aliphatic rings. The molecule has 2 aromatic carbocycles. The van der Waals surface area contributed by atoms with Gasteiger partial charge in [0.2, 0.25) is 0 Å². The lowest BCUT2D eigenvalue weighted by atomic mass is 10.0. The number of hydrogen-bond donors (Lipinski definition) is 0. The van der Waals surface area contributed by atoms with Crippen molar-refractivity contribution in [2.45, 2.75) is 32.4 Å². The quantitative estimate of drug-likeness (QED) is 0.813. The summed E-state index contributed by atoms with van der Waals surface area (Å²) in [5, 5.41) is 2.48. The van der Waals surface area contributed by atoms with Crippen LogP contribution in [0.2, 0.25) is 0 Å². The number of fused-ring (bicyclic) bond motifs is 1. The van der Waals surface area contributed by atoms with Crippen molar-refractivity contribution >= 4 is 16.9 Å². The lowest BCUT2D eigenvalue weighted by molar-refractivity contribution is 0.00414.